The standard InChI is InChI=1S/C17H27N3O3/c1-4-20(16(21)15-12-22-13(2)18-15)14-5-10-23-17(11-14)6-8-19(3)9-7-17/h12,14H,4-11H2,1-3H3/t14-/m0/s1. The molecule has 2 aliphatic rings. The number of amides is 1. The fourth-order valence-corrected chi connectivity index (χ4v) is 3.82. The van der Waals surface area contributed by atoms with Gasteiger partial charge in [0.1, 0.15) is 6.26 Å². The number of hydrogen-bond acceptors (Lipinski definition) is 5. The van der Waals surface area contributed by atoms with Gasteiger partial charge < -0.3 is 19.0 Å². The van der Waals surface area contributed by atoms with Crippen LogP contribution >= 0.6 is 0 Å². The second-order valence-corrected chi connectivity index (χ2v) is 6.82. The Bertz CT molecular complexity index is 549. The van der Waals surface area contributed by atoms with Crippen LogP contribution in [0.4, 0.5) is 0 Å². The molecule has 1 amide bonds. The number of likely N-dealkylation sites (tertiary alicyclic amines) is 1. The number of aromatic nitrogens is 1. The first-order valence-corrected chi connectivity index (χ1v) is 8.58. The van der Waals surface area contributed by atoms with Gasteiger partial charge in [-0.05, 0) is 39.7 Å². The Labute approximate surface area is 137 Å². The molecule has 0 bridgehead atoms. The van der Waals surface area contributed by atoms with Crippen LogP contribution in [-0.4, -0.2) is 65.6 Å². The van der Waals surface area contributed by atoms with Gasteiger partial charge in [0.15, 0.2) is 11.6 Å². The number of aryl methyl sites for hydroxylation is 1. The molecule has 0 aromatic carbocycles. The third kappa shape index (κ3) is 3.43. The molecule has 0 aliphatic carbocycles. The third-order valence-electron chi connectivity index (χ3n) is 5.25. The maximum absolute atomic E-state index is 12.8. The summed E-state index contributed by atoms with van der Waals surface area (Å²) in [6.45, 7) is 7.34. The largest absolute Gasteiger partial charge is 0.448 e. The molecule has 0 saturated carbocycles. The van der Waals surface area contributed by atoms with Crippen molar-refractivity contribution in [3.05, 3.63) is 17.8 Å². The number of hydrogen-bond donors (Lipinski definition) is 0. The predicted molar refractivity (Wildman–Crippen MR) is 86.4 cm³/mol. The van der Waals surface area contributed by atoms with Crippen molar-refractivity contribution in [2.24, 2.45) is 0 Å². The highest BCUT2D eigenvalue weighted by molar-refractivity contribution is 5.92. The molecule has 6 nitrogen and oxygen atoms in total. The first-order chi connectivity index (χ1) is 11.0. The van der Waals surface area contributed by atoms with E-state index in [1.54, 1.807) is 6.92 Å². The average Bonchev–Trinajstić information content (AvgIpc) is 2.98. The summed E-state index contributed by atoms with van der Waals surface area (Å²) in [6, 6.07) is 0.224. The van der Waals surface area contributed by atoms with Crippen LogP contribution in [0.15, 0.2) is 10.7 Å². The zero-order valence-corrected chi connectivity index (χ0v) is 14.4. The number of rotatable bonds is 3. The van der Waals surface area contributed by atoms with Crippen molar-refractivity contribution in [2.75, 3.05) is 33.3 Å². The Morgan fingerprint density at radius 3 is 2.83 bits per heavy atom. The van der Waals surface area contributed by atoms with Gasteiger partial charge in [-0.25, -0.2) is 4.98 Å². The molecular formula is C17H27N3O3. The summed E-state index contributed by atoms with van der Waals surface area (Å²) in [7, 11) is 2.15. The normalized spacial score (nSPS) is 24.7. The lowest BCUT2D eigenvalue weighted by Gasteiger charge is -2.47. The summed E-state index contributed by atoms with van der Waals surface area (Å²) in [5, 5.41) is 0. The molecular weight excluding hydrogens is 294 g/mol. The third-order valence-corrected chi connectivity index (χ3v) is 5.25. The summed E-state index contributed by atoms with van der Waals surface area (Å²) in [4.78, 5) is 21.2. The van der Waals surface area contributed by atoms with Crippen LogP contribution < -0.4 is 0 Å². The second-order valence-electron chi connectivity index (χ2n) is 6.82. The molecule has 2 saturated heterocycles. The molecule has 1 aromatic rings. The number of oxazole rings is 1. The van der Waals surface area contributed by atoms with Gasteiger partial charge in [0, 0.05) is 39.2 Å². The van der Waals surface area contributed by atoms with Crippen molar-refractivity contribution >= 4 is 5.91 Å². The van der Waals surface area contributed by atoms with E-state index < -0.39 is 0 Å². The Kier molecular flexibility index (Phi) is 4.73. The lowest BCUT2D eigenvalue weighted by atomic mass is 9.82. The van der Waals surface area contributed by atoms with Crippen LogP contribution in [0.2, 0.25) is 0 Å². The Balaban J connectivity index is 1.72. The van der Waals surface area contributed by atoms with Gasteiger partial charge in [0.25, 0.3) is 5.91 Å². The van der Waals surface area contributed by atoms with E-state index in [1.807, 2.05) is 11.8 Å². The SMILES string of the molecule is CCN(C(=O)c1coc(C)n1)[C@H]1CCOC2(CCN(C)CC2)C1. The molecule has 0 unspecified atom stereocenters. The van der Waals surface area contributed by atoms with E-state index in [2.05, 4.69) is 16.9 Å². The van der Waals surface area contributed by atoms with Crippen molar-refractivity contribution < 1.29 is 13.9 Å². The topological polar surface area (TPSA) is 58.8 Å². The molecule has 128 valence electrons. The number of ether oxygens (including phenoxy) is 1. The highest BCUT2D eigenvalue weighted by Crippen LogP contribution is 2.36. The molecule has 3 rings (SSSR count). The van der Waals surface area contributed by atoms with Gasteiger partial charge in [-0.1, -0.05) is 0 Å². The summed E-state index contributed by atoms with van der Waals surface area (Å²) in [6.07, 6.45) is 5.39. The van der Waals surface area contributed by atoms with Crippen LogP contribution in [0.3, 0.4) is 0 Å². The smallest absolute Gasteiger partial charge is 0.276 e. The highest BCUT2D eigenvalue weighted by Gasteiger charge is 2.42. The number of carbonyl (C=O) groups excluding carboxylic acids is 1. The molecule has 1 atom stereocenters. The molecule has 2 fully saturated rings. The Hall–Kier alpha value is -1.40. The fourth-order valence-electron chi connectivity index (χ4n) is 3.82. The Morgan fingerprint density at radius 2 is 2.22 bits per heavy atom. The summed E-state index contributed by atoms with van der Waals surface area (Å²) in [5.41, 5.74) is 0.358. The van der Waals surface area contributed by atoms with E-state index in [4.69, 9.17) is 9.15 Å². The number of piperidine rings is 1. The molecule has 0 radical (unpaired) electrons. The minimum absolute atomic E-state index is 0.0284. The molecule has 3 heterocycles. The van der Waals surface area contributed by atoms with Crippen LogP contribution in [0.5, 0.6) is 0 Å². The van der Waals surface area contributed by atoms with Crippen molar-refractivity contribution in [1.29, 1.82) is 0 Å². The van der Waals surface area contributed by atoms with Crippen molar-refractivity contribution in [3.63, 3.8) is 0 Å². The van der Waals surface area contributed by atoms with Crippen LogP contribution in [0.1, 0.15) is 49.0 Å². The Morgan fingerprint density at radius 1 is 1.48 bits per heavy atom. The van der Waals surface area contributed by atoms with Crippen LogP contribution in [0.25, 0.3) is 0 Å². The molecule has 23 heavy (non-hydrogen) atoms. The van der Waals surface area contributed by atoms with E-state index in [1.165, 1.54) is 6.26 Å². The van der Waals surface area contributed by atoms with Gasteiger partial charge in [-0.15, -0.1) is 0 Å². The molecule has 1 aromatic heterocycles. The molecule has 2 aliphatic heterocycles. The predicted octanol–water partition coefficient (Wildman–Crippen LogP) is 2.09. The zero-order valence-electron chi connectivity index (χ0n) is 14.4. The average molecular weight is 321 g/mol. The van der Waals surface area contributed by atoms with Gasteiger partial charge in [0.05, 0.1) is 5.60 Å². The first kappa shape index (κ1) is 16.5. The minimum Gasteiger partial charge on any atom is -0.448 e. The van der Waals surface area contributed by atoms with E-state index in [9.17, 15) is 4.79 Å². The van der Waals surface area contributed by atoms with Crippen molar-refractivity contribution in [3.8, 4) is 0 Å². The van der Waals surface area contributed by atoms with Gasteiger partial charge in [-0.2, -0.15) is 0 Å². The van der Waals surface area contributed by atoms with E-state index in [-0.39, 0.29) is 17.6 Å². The van der Waals surface area contributed by atoms with Gasteiger partial charge >= 0.3 is 0 Å². The lowest BCUT2D eigenvalue weighted by molar-refractivity contribution is -0.127. The molecule has 0 N–H and O–H groups in total. The van der Waals surface area contributed by atoms with Gasteiger partial charge in [0.2, 0.25) is 0 Å². The van der Waals surface area contributed by atoms with Crippen molar-refractivity contribution in [2.45, 2.75) is 51.2 Å². The maximum atomic E-state index is 12.8. The quantitative estimate of drug-likeness (QED) is 0.853. The maximum Gasteiger partial charge on any atom is 0.276 e. The van der Waals surface area contributed by atoms with Gasteiger partial charge in [-0.3, -0.25) is 4.79 Å². The van der Waals surface area contributed by atoms with E-state index >= 15 is 0 Å². The molecule has 1 spiro atoms. The van der Waals surface area contributed by atoms with Crippen LogP contribution in [-0.2, 0) is 4.74 Å². The van der Waals surface area contributed by atoms with Crippen LogP contribution in [0, 0.1) is 6.92 Å². The lowest BCUT2D eigenvalue weighted by Crippen LogP contribution is -2.54. The first-order valence-electron chi connectivity index (χ1n) is 8.58. The van der Waals surface area contributed by atoms with Crippen molar-refractivity contribution in [1.82, 2.24) is 14.8 Å². The summed E-state index contributed by atoms with van der Waals surface area (Å²) < 4.78 is 11.4. The summed E-state index contributed by atoms with van der Waals surface area (Å²) in [5.74, 6) is 0.502. The summed E-state index contributed by atoms with van der Waals surface area (Å²) >= 11 is 0. The number of nitrogens with zero attached hydrogens (tertiary/aromatic N) is 3. The van der Waals surface area contributed by atoms with E-state index in [0.717, 1.165) is 45.4 Å². The minimum atomic E-state index is -0.0527. The fraction of sp³-hybridized carbons (Fsp3) is 0.765. The van der Waals surface area contributed by atoms with E-state index in [0.29, 0.717) is 18.1 Å². The highest BCUT2D eigenvalue weighted by atomic mass is 16.5. The zero-order chi connectivity index (χ0) is 16.4. The number of carbonyl (C=O) groups is 1. The molecule has 6 heteroatoms. The second kappa shape index (κ2) is 6.61. The monoisotopic (exact) mass is 321 g/mol.